The van der Waals surface area contributed by atoms with Crippen LogP contribution in [0.1, 0.15) is 0 Å². The van der Waals surface area contributed by atoms with Gasteiger partial charge in [-0.1, -0.05) is 12.1 Å². The number of para-hydroxylation sites is 2. The molecule has 0 aromatic heterocycles. The Hall–Kier alpha value is -1.73. The number of hydrogen-bond donors (Lipinski definition) is 0. The van der Waals surface area contributed by atoms with Gasteiger partial charge in [-0.15, -0.1) is 0 Å². The summed E-state index contributed by atoms with van der Waals surface area (Å²) in [6.45, 7) is 3.31. The summed E-state index contributed by atoms with van der Waals surface area (Å²) in [5, 5.41) is 8.52. The van der Waals surface area contributed by atoms with E-state index >= 15 is 0 Å². The molecule has 4 heteroatoms. The largest absolute Gasteiger partial charge is 0.477 e. The summed E-state index contributed by atoms with van der Waals surface area (Å²) in [4.78, 5) is 2.22. The standard InChI is InChI=1S/C12H14N2O2/c13-5-8-16-12-4-2-1-3-11(12)14-6-9-15-10-7-14/h1-4H,6-10H2. The molecule has 0 radical (unpaired) electrons. The molecule has 1 aromatic rings. The molecular weight excluding hydrogens is 204 g/mol. The molecule has 4 nitrogen and oxygen atoms in total. The molecule has 1 saturated heterocycles. The molecule has 0 unspecified atom stereocenters. The van der Waals surface area contributed by atoms with Gasteiger partial charge in [0.1, 0.15) is 11.8 Å². The number of benzene rings is 1. The molecule has 1 heterocycles. The minimum Gasteiger partial charge on any atom is -0.477 e. The molecule has 1 aliphatic rings. The van der Waals surface area contributed by atoms with Gasteiger partial charge >= 0.3 is 0 Å². The van der Waals surface area contributed by atoms with Crippen LogP contribution >= 0.6 is 0 Å². The first kappa shape index (κ1) is 10.8. The van der Waals surface area contributed by atoms with Crippen molar-refractivity contribution in [3.05, 3.63) is 24.3 Å². The average Bonchev–Trinajstić information content (AvgIpc) is 2.38. The highest BCUT2D eigenvalue weighted by Gasteiger charge is 2.14. The SMILES string of the molecule is N#CCOc1ccccc1N1CCOCC1. The van der Waals surface area contributed by atoms with E-state index in [0.717, 1.165) is 37.7 Å². The highest BCUT2D eigenvalue weighted by molar-refractivity contribution is 5.58. The monoisotopic (exact) mass is 218 g/mol. The summed E-state index contributed by atoms with van der Waals surface area (Å²) in [6, 6.07) is 9.77. The number of hydrogen-bond acceptors (Lipinski definition) is 4. The van der Waals surface area contributed by atoms with E-state index in [9.17, 15) is 0 Å². The molecule has 2 rings (SSSR count). The number of nitrogens with zero attached hydrogens (tertiary/aromatic N) is 2. The third-order valence-electron chi connectivity index (χ3n) is 2.51. The lowest BCUT2D eigenvalue weighted by Crippen LogP contribution is -2.36. The van der Waals surface area contributed by atoms with Gasteiger partial charge in [0.15, 0.2) is 6.61 Å². The molecule has 1 fully saturated rings. The lowest BCUT2D eigenvalue weighted by Gasteiger charge is -2.30. The number of ether oxygens (including phenoxy) is 2. The van der Waals surface area contributed by atoms with Crippen molar-refractivity contribution in [3.8, 4) is 11.8 Å². The summed E-state index contributed by atoms with van der Waals surface area (Å²) >= 11 is 0. The summed E-state index contributed by atoms with van der Waals surface area (Å²) in [5.74, 6) is 0.769. The lowest BCUT2D eigenvalue weighted by atomic mass is 10.2. The van der Waals surface area contributed by atoms with Crippen molar-refractivity contribution in [2.45, 2.75) is 0 Å². The van der Waals surface area contributed by atoms with E-state index < -0.39 is 0 Å². The molecule has 84 valence electrons. The van der Waals surface area contributed by atoms with Crippen LogP contribution in [-0.2, 0) is 4.74 Å². The molecule has 0 aliphatic carbocycles. The summed E-state index contributed by atoms with van der Waals surface area (Å²) in [6.07, 6.45) is 0. The summed E-state index contributed by atoms with van der Waals surface area (Å²) in [7, 11) is 0. The van der Waals surface area contributed by atoms with Crippen molar-refractivity contribution in [2.24, 2.45) is 0 Å². The maximum atomic E-state index is 8.52. The second kappa shape index (κ2) is 5.38. The summed E-state index contributed by atoms with van der Waals surface area (Å²) in [5.41, 5.74) is 1.04. The van der Waals surface area contributed by atoms with E-state index in [2.05, 4.69) is 4.90 Å². The summed E-state index contributed by atoms with van der Waals surface area (Å²) < 4.78 is 10.7. The predicted octanol–water partition coefficient (Wildman–Crippen LogP) is 1.43. The number of nitriles is 1. The molecule has 16 heavy (non-hydrogen) atoms. The molecule has 0 spiro atoms. The van der Waals surface area contributed by atoms with Crippen LogP contribution in [0.2, 0.25) is 0 Å². The molecule has 0 N–H and O–H groups in total. The van der Waals surface area contributed by atoms with Crippen LogP contribution in [0.3, 0.4) is 0 Å². The average molecular weight is 218 g/mol. The maximum absolute atomic E-state index is 8.52. The Bertz CT molecular complexity index is 381. The Kier molecular flexibility index (Phi) is 3.62. The van der Waals surface area contributed by atoms with Crippen molar-refractivity contribution >= 4 is 5.69 Å². The fourth-order valence-corrected chi connectivity index (χ4v) is 1.75. The van der Waals surface area contributed by atoms with Crippen molar-refractivity contribution in [1.82, 2.24) is 0 Å². The maximum Gasteiger partial charge on any atom is 0.174 e. The Labute approximate surface area is 95.0 Å². The Morgan fingerprint density at radius 3 is 2.81 bits per heavy atom. The van der Waals surface area contributed by atoms with Crippen LogP contribution in [0.5, 0.6) is 5.75 Å². The second-order valence-electron chi connectivity index (χ2n) is 3.51. The van der Waals surface area contributed by atoms with Crippen LogP contribution in [0, 0.1) is 11.3 Å². The first-order valence-electron chi connectivity index (χ1n) is 5.33. The zero-order chi connectivity index (χ0) is 11.2. The minimum absolute atomic E-state index is 0.0847. The Balaban J connectivity index is 2.14. The van der Waals surface area contributed by atoms with E-state index in [1.165, 1.54) is 0 Å². The zero-order valence-electron chi connectivity index (χ0n) is 9.06. The van der Waals surface area contributed by atoms with Crippen molar-refractivity contribution in [3.63, 3.8) is 0 Å². The normalized spacial score (nSPS) is 15.6. The van der Waals surface area contributed by atoms with Gasteiger partial charge in [-0.05, 0) is 12.1 Å². The van der Waals surface area contributed by atoms with Crippen LogP contribution in [0.25, 0.3) is 0 Å². The zero-order valence-corrected chi connectivity index (χ0v) is 9.06. The fraction of sp³-hybridized carbons (Fsp3) is 0.417. The highest BCUT2D eigenvalue weighted by Crippen LogP contribution is 2.28. The van der Waals surface area contributed by atoms with Crippen LogP contribution in [0.15, 0.2) is 24.3 Å². The topological polar surface area (TPSA) is 45.5 Å². The lowest BCUT2D eigenvalue weighted by molar-refractivity contribution is 0.122. The van der Waals surface area contributed by atoms with Gasteiger partial charge in [0.2, 0.25) is 0 Å². The molecule has 0 bridgehead atoms. The van der Waals surface area contributed by atoms with E-state index in [1.807, 2.05) is 30.3 Å². The third kappa shape index (κ3) is 2.44. The van der Waals surface area contributed by atoms with Gasteiger partial charge in [-0.25, -0.2) is 0 Å². The van der Waals surface area contributed by atoms with Crippen LogP contribution in [-0.4, -0.2) is 32.9 Å². The molecule has 1 aliphatic heterocycles. The van der Waals surface area contributed by atoms with Crippen molar-refractivity contribution < 1.29 is 9.47 Å². The molecule has 1 aromatic carbocycles. The van der Waals surface area contributed by atoms with Gasteiger partial charge < -0.3 is 14.4 Å². The van der Waals surface area contributed by atoms with E-state index in [1.54, 1.807) is 0 Å². The quantitative estimate of drug-likeness (QED) is 0.769. The fourth-order valence-electron chi connectivity index (χ4n) is 1.75. The molecule has 0 saturated carbocycles. The minimum atomic E-state index is 0.0847. The first-order valence-corrected chi connectivity index (χ1v) is 5.33. The van der Waals surface area contributed by atoms with Gasteiger partial charge in [0, 0.05) is 13.1 Å². The molecule has 0 atom stereocenters. The highest BCUT2D eigenvalue weighted by atomic mass is 16.5. The van der Waals surface area contributed by atoms with Crippen molar-refractivity contribution in [2.75, 3.05) is 37.8 Å². The van der Waals surface area contributed by atoms with Gasteiger partial charge in [0.25, 0.3) is 0 Å². The number of rotatable bonds is 3. The van der Waals surface area contributed by atoms with E-state index in [-0.39, 0.29) is 6.61 Å². The third-order valence-corrected chi connectivity index (χ3v) is 2.51. The van der Waals surface area contributed by atoms with Crippen LogP contribution in [0.4, 0.5) is 5.69 Å². The predicted molar refractivity (Wildman–Crippen MR) is 60.6 cm³/mol. The second-order valence-corrected chi connectivity index (χ2v) is 3.51. The molecular formula is C12H14N2O2. The Morgan fingerprint density at radius 2 is 2.06 bits per heavy atom. The van der Waals surface area contributed by atoms with Gasteiger partial charge in [0.05, 0.1) is 18.9 Å². The smallest absolute Gasteiger partial charge is 0.174 e. The van der Waals surface area contributed by atoms with Crippen LogP contribution < -0.4 is 9.64 Å². The van der Waals surface area contributed by atoms with Gasteiger partial charge in [-0.2, -0.15) is 5.26 Å². The Morgan fingerprint density at radius 1 is 1.31 bits per heavy atom. The van der Waals surface area contributed by atoms with Gasteiger partial charge in [-0.3, -0.25) is 0 Å². The van der Waals surface area contributed by atoms with Crippen molar-refractivity contribution in [1.29, 1.82) is 5.26 Å². The van der Waals surface area contributed by atoms with E-state index in [0.29, 0.717) is 0 Å². The molecule has 0 amide bonds. The number of morpholine rings is 1. The first-order chi connectivity index (χ1) is 7.92. The van der Waals surface area contributed by atoms with E-state index in [4.69, 9.17) is 14.7 Å². The number of anilines is 1.